The van der Waals surface area contributed by atoms with E-state index in [1.807, 2.05) is 0 Å². The Morgan fingerprint density at radius 3 is 2.87 bits per heavy atom. The Labute approximate surface area is 91.9 Å². The molecule has 1 aliphatic heterocycles. The van der Waals surface area contributed by atoms with Crippen molar-refractivity contribution in [3.63, 3.8) is 0 Å². The summed E-state index contributed by atoms with van der Waals surface area (Å²) in [6.07, 6.45) is 5.51. The molecule has 1 aromatic carbocycles. The standard InChI is InChI=1S/C14H19N/c1-2-7-14-12(4-1)5-3-6-13(14)8-11-9-15-10-11/h1-2,4,7,11,13,15H,3,5-6,8-10H2. The maximum atomic E-state index is 3.37. The van der Waals surface area contributed by atoms with Crippen molar-refractivity contribution in [3.8, 4) is 0 Å². The molecule has 1 saturated heterocycles. The van der Waals surface area contributed by atoms with Gasteiger partial charge in [-0.2, -0.15) is 0 Å². The van der Waals surface area contributed by atoms with Crippen LogP contribution in [0.25, 0.3) is 0 Å². The minimum absolute atomic E-state index is 0.849. The Balaban J connectivity index is 1.79. The molecule has 0 radical (unpaired) electrons. The lowest BCUT2D eigenvalue weighted by Gasteiger charge is -2.33. The van der Waals surface area contributed by atoms with Crippen LogP contribution in [0.3, 0.4) is 0 Å². The molecule has 1 heterocycles. The van der Waals surface area contributed by atoms with E-state index in [1.165, 1.54) is 38.8 Å². The Morgan fingerprint density at radius 1 is 1.20 bits per heavy atom. The predicted octanol–water partition coefficient (Wildman–Crippen LogP) is 2.72. The first-order valence-corrected chi connectivity index (χ1v) is 6.22. The molecule has 0 bridgehead atoms. The zero-order chi connectivity index (χ0) is 10.1. The van der Waals surface area contributed by atoms with E-state index in [0.717, 1.165) is 11.8 Å². The summed E-state index contributed by atoms with van der Waals surface area (Å²) >= 11 is 0. The molecule has 0 saturated carbocycles. The number of nitrogens with one attached hydrogen (secondary N) is 1. The molecule has 0 spiro atoms. The molecule has 1 aromatic rings. The molecule has 15 heavy (non-hydrogen) atoms. The van der Waals surface area contributed by atoms with Crippen molar-refractivity contribution in [1.29, 1.82) is 0 Å². The van der Waals surface area contributed by atoms with Gasteiger partial charge < -0.3 is 5.32 Å². The zero-order valence-electron chi connectivity index (χ0n) is 9.21. The lowest BCUT2D eigenvalue weighted by atomic mass is 9.77. The van der Waals surface area contributed by atoms with Gasteiger partial charge in [0.2, 0.25) is 0 Å². The molecule has 3 rings (SSSR count). The van der Waals surface area contributed by atoms with E-state index in [-0.39, 0.29) is 0 Å². The van der Waals surface area contributed by atoms with Gasteiger partial charge in [-0.25, -0.2) is 0 Å². The molecule has 80 valence electrons. The van der Waals surface area contributed by atoms with Crippen LogP contribution in [0.5, 0.6) is 0 Å². The first-order chi connectivity index (χ1) is 7.43. The first kappa shape index (κ1) is 9.41. The third-order valence-electron chi connectivity index (χ3n) is 3.98. The molecule has 0 aromatic heterocycles. The van der Waals surface area contributed by atoms with Crippen LogP contribution in [0, 0.1) is 5.92 Å². The molecule has 2 aliphatic rings. The maximum absolute atomic E-state index is 3.37. The molecule has 1 fully saturated rings. The summed E-state index contributed by atoms with van der Waals surface area (Å²) in [7, 11) is 0. The predicted molar refractivity (Wildman–Crippen MR) is 63.1 cm³/mol. The lowest BCUT2D eigenvalue weighted by molar-refractivity contribution is 0.294. The van der Waals surface area contributed by atoms with E-state index in [4.69, 9.17) is 0 Å². The number of benzene rings is 1. The monoisotopic (exact) mass is 201 g/mol. The van der Waals surface area contributed by atoms with Gasteiger partial charge >= 0.3 is 0 Å². The van der Waals surface area contributed by atoms with Gasteiger partial charge in [0, 0.05) is 0 Å². The van der Waals surface area contributed by atoms with Crippen molar-refractivity contribution in [2.45, 2.75) is 31.6 Å². The lowest BCUT2D eigenvalue weighted by Crippen LogP contribution is -2.42. The van der Waals surface area contributed by atoms with Gasteiger partial charge in [0.05, 0.1) is 0 Å². The molecule has 1 unspecified atom stereocenters. The first-order valence-electron chi connectivity index (χ1n) is 6.22. The van der Waals surface area contributed by atoms with Crippen LogP contribution in [0.2, 0.25) is 0 Å². The highest BCUT2D eigenvalue weighted by molar-refractivity contribution is 5.32. The third kappa shape index (κ3) is 1.81. The number of hydrogen-bond donors (Lipinski definition) is 1. The summed E-state index contributed by atoms with van der Waals surface area (Å²) in [4.78, 5) is 0. The zero-order valence-corrected chi connectivity index (χ0v) is 9.21. The Hall–Kier alpha value is -0.820. The highest BCUT2D eigenvalue weighted by atomic mass is 14.9. The van der Waals surface area contributed by atoms with Gasteiger partial charge in [-0.05, 0) is 61.7 Å². The van der Waals surface area contributed by atoms with Gasteiger partial charge in [-0.1, -0.05) is 24.3 Å². The third-order valence-corrected chi connectivity index (χ3v) is 3.98. The van der Waals surface area contributed by atoms with Crippen molar-refractivity contribution in [1.82, 2.24) is 5.32 Å². The van der Waals surface area contributed by atoms with Gasteiger partial charge in [0.1, 0.15) is 0 Å². The molecular weight excluding hydrogens is 182 g/mol. The summed E-state index contributed by atoms with van der Waals surface area (Å²) in [5, 5.41) is 3.37. The van der Waals surface area contributed by atoms with E-state index in [2.05, 4.69) is 29.6 Å². The molecular formula is C14H19N. The topological polar surface area (TPSA) is 12.0 Å². The van der Waals surface area contributed by atoms with Crippen LogP contribution in [-0.2, 0) is 6.42 Å². The van der Waals surface area contributed by atoms with Crippen LogP contribution in [0.4, 0.5) is 0 Å². The fourth-order valence-corrected chi connectivity index (χ4v) is 3.02. The van der Waals surface area contributed by atoms with Crippen LogP contribution >= 0.6 is 0 Å². The highest BCUT2D eigenvalue weighted by Crippen LogP contribution is 2.36. The number of rotatable bonds is 2. The second kappa shape index (κ2) is 3.97. The quantitative estimate of drug-likeness (QED) is 0.775. The van der Waals surface area contributed by atoms with E-state index in [0.29, 0.717) is 0 Å². The van der Waals surface area contributed by atoms with Gasteiger partial charge in [0.25, 0.3) is 0 Å². The summed E-state index contributed by atoms with van der Waals surface area (Å²) in [5.74, 6) is 1.79. The number of aryl methyl sites for hydroxylation is 1. The molecule has 1 heteroatoms. The van der Waals surface area contributed by atoms with E-state index < -0.39 is 0 Å². The van der Waals surface area contributed by atoms with Crippen LogP contribution in [0.15, 0.2) is 24.3 Å². The van der Waals surface area contributed by atoms with Crippen LogP contribution in [0.1, 0.15) is 36.3 Å². The van der Waals surface area contributed by atoms with Gasteiger partial charge in [-0.15, -0.1) is 0 Å². The van der Waals surface area contributed by atoms with Crippen molar-refractivity contribution in [3.05, 3.63) is 35.4 Å². The molecule has 1 nitrogen and oxygen atoms in total. The van der Waals surface area contributed by atoms with Crippen molar-refractivity contribution >= 4 is 0 Å². The number of hydrogen-bond acceptors (Lipinski definition) is 1. The number of fused-ring (bicyclic) bond motifs is 1. The van der Waals surface area contributed by atoms with E-state index in [1.54, 1.807) is 11.1 Å². The average molecular weight is 201 g/mol. The summed E-state index contributed by atoms with van der Waals surface area (Å²) in [5.41, 5.74) is 3.26. The van der Waals surface area contributed by atoms with Gasteiger partial charge in [-0.3, -0.25) is 0 Å². The highest BCUT2D eigenvalue weighted by Gasteiger charge is 2.25. The minimum Gasteiger partial charge on any atom is -0.316 e. The second-order valence-electron chi connectivity index (χ2n) is 5.05. The normalized spacial score (nSPS) is 25.7. The van der Waals surface area contributed by atoms with Crippen molar-refractivity contribution in [2.24, 2.45) is 5.92 Å². The van der Waals surface area contributed by atoms with Crippen LogP contribution < -0.4 is 5.32 Å². The summed E-state index contributed by atoms with van der Waals surface area (Å²) < 4.78 is 0. The fraction of sp³-hybridized carbons (Fsp3) is 0.571. The molecule has 1 aliphatic carbocycles. The van der Waals surface area contributed by atoms with E-state index >= 15 is 0 Å². The van der Waals surface area contributed by atoms with Gasteiger partial charge in [0.15, 0.2) is 0 Å². The second-order valence-corrected chi connectivity index (χ2v) is 5.05. The van der Waals surface area contributed by atoms with Crippen molar-refractivity contribution in [2.75, 3.05) is 13.1 Å². The minimum atomic E-state index is 0.849. The van der Waals surface area contributed by atoms with E-state index in [9.17, 15) is 0 Å². The summed E-state index contributed by atoms with van der Waals surface area (Å²) in [6.45, 7) is 2.50. The Kier molecular flexibility index (Phi) is 2.49. The maximum Gasteiger partial charge on any atom is -0.000804 e. The summed E-state index contributed by atoms with van der Waals surface area (Å²) in [6, 6.07) is 9.06. The Bertz CT molecular complexity index is 341. The fourth-order valence-electron chi connectivity index (χ4n) is 3.02. The average Bonchev–Trinajstić information content (AvgIpc) is 2.23. The SMILES string of the molecule is c1ccc2c(c1)CCCC2CC1CNC1. The molecule has 1 atom stereocenters. The van der Waals surface area contributed by atoms with Crippen LogP contribution in [-0.4, -0.2) is 13.1 Å². The smallest absolute Gasteiger partial charge is 0.000804 e. The molecule has 0 amide bonds. The largest absolute Gasteiger partial charge is 0.316 e. The molecule has 1 N–H and O–H groups in total. The Morgan fingerprint density at radius 2 is 2.07 bits per heavy atom. The van der Waals surface area contributed by atoms with Crippen molar-refractivity contribution < 1.29 is 0 Å².